The minimum Gasteiger partial charge on any atom is -0.315 e. The lowest BCUT2D eigenvalue weighted by molar-refractivity contribution is 0.569. The average molecular weight is 354 g/mol. The molecule has 0 unspecified atom stereocenters. The van der Waals surface area contributed by atoms with Crippen LogP contribution in [-0.2, 0) is 12.8 Å². The first-order valence-electron chi connectivity index (χ1n) is 6.92. The van der Waals surface area contributed by atoms with E-state index in [1.807, 2.05) is 0 Å². The van der Waals surface area contributed by atoms with Crippen molar-refractivity contribution in [2.45, 2.75) is 39.2 Å². The zero-order valence-electron chi connectivity index (χ0n) is 11.9. The Bertz CT molecular complexity index is 522. The Morgan fingerprint density at radius 3 is 2.55 bits per heavy atom. The van der Waals surface area contributed by atoms with Gasteiger partial charge in [-0.15, -0.1) is 21.5 Å². The molecule has 0 radical (unpaired) electrons. The van der Waals surface area contributed by atoms with Crippen molar-refractivity contribution in [3.63, 3.8) is 0 Å². The van der Waals surface area contributed by atoms with Crippen LogP contribution < -0.4 is 5.32 Å². The average Bonchev–Trinajstić information content (AvgIpc) is 2.85. The molecule has 5 heteroatoms. The van der Waals surface area contributed by atoms with Gasteiger partial charge in [0.2, 0.25) is 0 Å². The summed E-state index contributed by atoms with van der Waals surface area (Å²) in [5.41, 5.74) is 1.28. The van der Waals surface area contributed by atoms with Gasteiger partial charge in [0.25, 0.3) is 0 Å². The molecule has 0 amide bonds. The van der Waals surface area contributed by atoms with Crippen LogP contribution in [0.5, 0.6) is 0 Å². The Labute approximate surface area is 133 Å². The van der Waals surface area contributed by atoms with Crippen LogP contribution in [0.4, 0.5) is 0 Å². The number of nitrogens with one attached hydrogen (secondary N) is 1. The van der Waals surface area contributed by atoms with Crippen LogP contribution in [-0.4, -0.2) is 22.8 Å². The van der Waals surface area contributed by atoms with Gasteiger partial charge in [-0.1, -0.05) is 41.9 Å². The van der Waals surface area contributed by atoms with E-state index in [1.54, 1.807) is 11.3 Å². The molecule has 0 saturated heterocycles. The molecule has 0 atom stereocenters. The van der Waals surface area contributed by atoms with Gasteiger partial charge < -0.3 is 5.32 Å². The fourth-order valence-electron chi connectivity index (χ4n) is 1.87. The van der Waals surface area contributed by atoms with Gasteiger partial charge in [-0.2, -0.15) is 0 Å². The second-order valence-electron chi connectivity index (χ2n) is 5.11. The summed E-state index contributed by atoms with van der Waals surface area (Å²) in [6.45, 7) is 5.38. The van der Waals surface area contributed by atoms with E-state index >= 15 is 0 Å². The maximum atomic E-state index is 4.28. The normalized spacial score (nSPS) is 11.2. The van der Waals surface area contributed by atoms with Crippen molar-refractivity contribution in [2.24, 2.45) is 0 Å². The smallest absolute Gasteiger partial charge is 0.121 e. The minimum absolute atomic E-state index is 0.553. The van der Waals surface area contributed by atoms with Gasteiger partial charge in [-0.3, -0.25) is 0 Å². The summed E-state index contributed by atoms with van der Waals surface area (Å²) >= 11 is 5.18. The molecule has 0 spiro atoms. The maximum Gasteiger partial charge on any atom is 0.121 e. The van der Waals surface area contributed by atoms with Crippen molar-refractivity contribution < 1.29 is 0 Å². The number of rotatable bonds is 7. The van der Waals surface area contributed by atoms with Crippen LogP contribution in [0.3, 0.4) is 0 Å². The summed E-state index contributed by atoms with van der Waals surface area (Å²) in [6.07, 6.45) is 3.00. The predicted molar refractivity (Wildman–Crippen MR) is 88.3 cm³/mol. The quantitative estimate of drug-likeness (QED) is 0.768. The summed E-state index contributed by atoms with van der Waals surface area (Å²) in [5, 5.41) is 14.2. The van der Waals surface area contributed by atoms with Crippen molar-refractivity contribution in [2.75, 3.05) is 6.54 Å². The highest BCUT2D eigenvalue weighted by Gasteiger charge is 2.05. The van der Waals surface area contributed by atoms with E-state index in [-0.39, 0.29) is 0 Å². The van der Waals surface area contributed by atoms with Gasteiger partial charge in [0.15, 0.2) is 0 Å². The predicted octanol–water partition coefficient (Wildman–Crippen LogP) is 3.82. The highest BCUT2D eigenvalue weighted by molar-refractivity contribution is 9.10. The number of aryl methyl sites for hydroxylation is 1. The molecule has 2 aromatic rings. The molecule has 0 aliphatic rings. The molecule has 1 aromatic heterocycles. The molecule has 2 rings (SSSR count). The van der Waals surface area contributed by atoms with Crippen LogP contribution in [0, 0.1) is 0 Å². The highest BCUT2D eigenvalue weighted by atomic mass is 79.9. The number of benzene rings is 1. The number of aromatic nitrogens is 2. The number of nitrogens with zero attached hydrogens (tertiary/aromatic N) is 2. The van der Waals surface area contributed by atoms with Crippen LogP contribution in [0.15, 0.2) is 28.7 Å². The molecule has 0 fully saturated rings. The summed E-state index contributed by atoms with van der Waals surface area (Å²) in [5.74, 6) is 0. The van der Waals surface area contributed by atoms with Crippen molar-refractivity contribution >= 4 is 27.3 Å². The van der Waals surface area contributed by atoms with Gasteiger partial charge in [0.1, 0.15) is 10.0 Å². The van der Waals surface area contributed by atoms with Gasteiger partial charge >= 0.3 is 0 Å². The fourth-order valence-corrected chi connectivity index (χ4v) is 3.05. The largest absolute Gasteiger partial charge is 0.315 e. The Kier molecular flexibility index (Phi) is 6.13. The second-order valence-corrected chi connectivity index (χ2v) is 7.17. The van der Waals surface area contributed by atoms with E-state index in [0.717, 1.165) is 40.3 Å². The van der Waals surface area contributed by atoms with E-state index in [2.05, 4.69) is 69.6 Å². The number of hydrogen-bond acceptors (Lipinski definition) is 4. The zero-order chi connectivity index (χ0) is 14.4. The van der Waals surface area contributed by atoms with Crippen LogP contribution >= 0.6 is 27.3 Å². The summed E-state index contributed by atoms with van der Waals surface area (Å²) < 4.78 is 1.11. The summed E-state index contributed by atoms with van der Waals surface area (Å²) in [6, 6.07) is 8.93. The van der Waals surface area contributed by atoms with Crippen molar-refractivity contribution in [3.05, 3.63) is 44.3 Å². The first-order chi connectivity index (χ1) is 9.63. The molecule has 0 aliphatic carbocycles. The lowest BCUT2D eigenvalue weighted by Crippen LogP contribution is -2.23. The lowest BCUT2D eigenvalue weighted by atomic mass is 10.2. The number of halogens is 1. The van der Waals surface area contributed by atoms with Gasteiger partial charge in [0, 0.05) is 23.4 Å². The van der Waals surface area contributed by atoms with Gasteiger partial charge in [-0.05, 0) is 30.7 Å². The molecule has 1 N–H and O–H groups in total. The third kappa shape index (κ3) is 5.31. The van der Waals surface area contributed by atoms with Crippen LogP contribution in [0.25, 0.3) is 0 Å². The molecule has 0 bridgehead atoms. The fraction of sp³-hybridized carbons (Fsp3) is 0.467. The number of hydrogen-bond donors (Lipinski definition) is 1. The van der Waals surface area contributed by atoms with Gasteiger partial charge in [0.05, 0.1) is 0 Å². The van der Waals surface area contributed by atoms with Crippen molar-refractivity contribution in [3.8, 4) is 0 Å². The molecule has 108 valence electrons. The standard InChI is InChI=1S/C15H20BrN3S/c1-11(2)17-9-3-4-14-18-19-15(20-14)10-12-5-7-13(16)8-6-12/h5-8,11,17H,3-4,9-10H2,1-2H3. The van der Waals surface area contributed by atoms with E-state index in [4.69, 9.17) is 0 Å². The minimum atomic E-state index is 0.553. The Morgan fingerprint density at radius 1 is 1.15 bits per heavy atom. The third-order valence-electron chi connectivity index (χ3n) is 2.90. The molecule has 1 aromatic carbocycles. The van der Waals surface area contributed by atoms with Crippen molar-refractivity contribution in [1.82, 2.24) is 15.5 Å². The zero-order valence-corrected chi connectivity index (χ0v) is 14.3. The first-order valence-corrected chi connectivity index (χ1v) is 8.53. The van der Waals surface area contributed by atoms with E-state index in [1.165, 1.54) is 5.56 Å². The SMILES string of the molecule is CC(C)NCCCc1nnc(Cc2ccc(Br)cc2)s1. The lowest BCUT2D eigenvalue weighted by Gasteiger charge is -2.05. The third-order valence-corrected chi connectivity index (χ3v) is 4.41. The molecule has 20 heavy (non-hydrogen) atoms. The highest BCUT2D eigenvalue weighted by Crippen LogP contribution is 2.17. The van der Waals surface area contributed by atoms with E-state index in [9.17, 15) is 0 Å². The van der Waals surface area contributed by atoms with E-state index < -0.39 is 0 Å². The second kappa shape index (κ2) is 7.86. The van der Waals surface area contributed by atoms with Crippen LogP contribution in [0.1, 0.15) is 35.8 Å². The molecular formula is C15H20BrN3S. The Balaban J connectivity index is 1.81. The molecule has 0 aliphatic heterocycles. The monoisotopic (exact) mass is 353 g/mol. The van der Waals surface area contributed by atoms with Gasteiger partial charge in [-0.25, -0.2) is 0 Å². The molecule has 0 saturated carbocycles. The Morgan fingerprint density at radius 2 is 1.85 bits per heavy atom. The van der Waals surface area contributed by atoms with E-state index in [0.29, 0.717) is 6.04 Å². The molecule has 3 nitrogen and oxygen atoms in total. The molecular weight excluding hydrogens is 334 g/mol. The topological polar surface area (TPSA) is 37.8 Å². The summed E-state index contributed by atoms with van der Waals surface area (Å²) in [7, 11) is 0. The Hall–Kier alpha value is -0.780. The van der Waals surface area contributed by atoms with Crippen molar-refractivity contribution in [1.29, 1.82) is 0 Å². The first kappa shape index (κ1) is 15.6. The maximum absolute atomic E-state index is 4.28. The summed E-state index contributed by atoms with van der Waals surface area (Å²) in [4.78, 5) is 0. The molecule has 1 heterocycles. The van der Waals surface area contributed by atoms with Crippen LogP contribution in [0.2, 0.25) is 0 Å².